The number of carbonyl (C=O) groups is 1. The van der Waals surface area contributed by atoms with Gasteiger partial charge in [0.2, 0.25) is 5.91 Å². The van der Waals surface area contributed by atoms with Gasteiger partial charge in [-0.25, -0.2) is 9.48 Å². The Labute approximate surface area is 161 Å². The minimum Gasteiger partial charge on any atom is -0.497 e. The molecule has 1 aromatic heterocycles. The van der Waals surface area contributed by atoms with Crippen LogP contribution in [0.2, 0.25) is 0 Å². The van der Waals surface area contributed by atoms with Crippen molar-refractivity contribution < 1.29 is 14.3 Å². The molecule has 2 aromatic carbocycles. The molecule has 1 amide bonds. The van der Waals surface area contributed by atoms with E-state index in [1.165, 1.54) is 6.20 Å². The van der Waals surface area contributed by atoms with Crippen LogP contribution in [-0.4, -0.2) is 34.9 Å². The summed E-state index contributed by atoms with van der Waals surface area (Å²) in [4.78, 5) is 28.9. The zero-order valence-electron chi connectivity index (χ0n) is 15.7. The molecule has 0 spiro atoms. The van der Waals surface area contributed by atoms with Gasteiger partial charge in [0.05, 0.1) is 26.1 Å². The quantitative estimate of drug-likeness (QED) is 0.706. The SMILES string of the molecule is COc1ccc(NC(=O)C(C)n2ncc(-c3ccc(OC)cc3)nc2=O)cc1. The second-order valence-corrected chi connectivity index (χ2v) is 5.99. The third-order valence-corrected chi connectivity index (χ3v) is 4.21. The molecule has 0 aliphatic rings. The van der Waals surface area contributed by atoms with Crippen molar-refractivity contribution in [2.24, 2.45) is 0 Å². The second kappa shape index (κ2) is 8.34. The van der Waals surface area contributed by atoms with Crippen molar-refractivity contribution in [3.63, 3.8) is 0 Å². The van der Waals surface area contributed by atoms with Gasteiger partial charge in [-0.3, -0.25) is 4.79 Å². The summed E-state index contributed by atoms with van der Waals surface area (Å²) in [6.07, 6.45) is 1.46. The molecule has 3 aromatic rings. The van der Waals surface area contributed by atoms with Gasteiger partial charge < -0.3 is 14.8 Å². The lowest BCUT2D eigenvalue weighted by molar-refractivity contribution is -0.119. The van der Waals surface area contributed by atoms with Crippen molar-refractivity contribution in [2.75, 3.05) is 19.5 Å². The van der Waals surface area contributed by atoms with Crippen LogP contribution in [0.4, 0.5) is 5.69 Å². The molecule has 0 fully saturated rings. The standard InChI is InChI=1S/C20H20N4O4/c1-13(19(25)22-15-6-10-17(28-3)11-7-15)24-20(26)23-18(12-21-24)14-4-8-16(27-2)9-5-14/h4-13H,1-3H3,(H,22,25). The molecule has 8 heteroatoms. The van der Waals surface area contributed by atoms with Gasteiger partial charge in [0, 0.05) is 11.3 Å². The largest absolute Gasteiger partial charge is 0.497 e. The van der Waals surface area contributed by atoms with E-state index in [2.05, 4.69) is 15.4 Å². The monoisotopic (exact) mass is 380 g/mol. The van der Waals surface area contributed by atoms with E-state index in [0.29, 0.717) is 22.9 Å². The maximum absolute atomic E-state index is 12.5. The lowest BCUT2D eigenvalue weighted by Crippen LogP contribution is -2.34. The average Bonchev–Trinajstić information content (AvgIpc) is 2.73. The first-order chi connectivity index (χ1) is 13.5. The first-order valence-corrected chi connectivity index (χ1v) is 8.57. The van der Waals surface area contributed by atoms with E-state index in [0.717, 1.165) is 10.2 Å². The Morgan fingerprint density at radius 2 is 1.57 bits per heavy atom. The number of carbonyl (C=O) groups excluding carboxylic acids is 1. The van der Waals surface area contributed by atoms with Crippen LogP contribution in [0.1, 0.15) is 13.0 Å². The normalized spacial score (nSPS) is 11.5. The zero-order valence-corrected chi connectivity index (χ0v) is 15.7. The molecule has 0 saturated carbocycles. The van der Waals surface area contributed by atoms with E-state index >= 15 is 0 Å². The summed E-state index contributed by atoms with van der Waals surface area (Å²) >= 11 is 0. The van der Waals surface area contributed by atoms with Gasteiger partial charge in [-0.05, 0) is 55.5 Å². The number of benzene rings is 2. The van der Waals surface area contributed by atoms with Crippen LogP contribution in [0.25, 0.3) is 11.3 Å². The van der Waals surface area contributed by atoms with Gasteiger partial charge in [0.25, 0.3) is 0 Å². The fourth-order valence-corrected chi connectivity index (χ4v) is 2.55. The molecule has 3 rings (SSSR count). The fourth-order valence-electron chi connectivity index (χ4n) is 2.55. The Kier molecular flexibility index (Phi) is 5.69. The van der Waals surface area contributed by atoms with E-state index in [9.17, 15) is 9.59 Å². The molecule has 144 valence electrons. The molecule has 0 bridgehead atoms. The predicted molar refractivity (Wildman–Crippen MR) is 105 cm³/mol. The topological polar surface area (TPSA) is 95.3 Å². The second-order valence-electron chi connectivity index (χ2n) is 5.99. The van der Waals surface area contributed by atoms with E-state index < -0.39 is 11.7 Å². The lowest BCUT2D eigenvalue weighted by atomic mass is 10.1. The van der Waals surface area contributed by atoms with E-state index in [4.69, 9.17) is 9.47 Å². The Bertz CT molecular complexity index is 1010. The maximum Gasteiger partial charge on any atom is 0.365 e. The Morgan fingerprint density at radius 3 is 2.11 bits per heavy atom. The Hall–Kier alpha value is -3.68. The zero-order chi connectivity index (χ0) is 20.1. The average molecular weight is 380 g/mol. The van der Waals surface area contributed by atoms with Crippen LogP contribution in [0.15, 0.2) is 59.5 Å². The number of anilines is 1. The molecular weight excluding hydrogens is 360 g/mol. The van der Waals surface area contributed by atoms with Crippen LogP contribution in [0, 0.1) is 0 Å². The van der Waals surface area contributed by atoms with Gasteiger partial charge in [-0.15, -0.1) is 0 Å². The van der Waals surface area contributed by atoms with Crippen LogP contribution in [-0.2, 0) is 4.79 Å². The third-order valence-electron chi connectivity index (χ3n) is 4.21. The third kappa shape index (κ3) is 4.17. The molecule has 0 aliphatic carbocycles. The predicted octanol–water partition coefficient (Wildman–Crippen LogP) is 2.52. The van der Waals surface area contributed by atoms with Crippen LogP contribution >= 0.6 is 0 Å². The van der Waals surface area contributed by atoms with Gasteiger partial charge in [-0.1, -0.05) is 0 Å². The lowest BCUT2D eigenvalue weighted by Gasteiger charge is -2.14. The van der Waals surface area contributed by atoms with Crippen LogP contribution in [0.5, 0.6) is 11.5 Å². The van der Waals surface area contributed by atoms with Crippen LogP contribution < -0.4 is 20.5 Å². The Balaban J connectivity index is 1.76. The molecular formula is C20H20N4O4. The van der Waals surface area contributed by atoms with Gasteiger partial charge in [0.15, 0.2) is 0 Å². The van der Waals surface area contributed by atoms with Crippen molar-refractivity contribution in [2.45, 2.75) is 13.0 Å². The minimum atomic E-state index is -0.827. The number of amides is 1. The highest BCUT2D eigenvalue weighted by molar-refractivity contribution is 5.93. The number of nitrogens with zero attached hydrogens (tertiary/aromatic N) is 3. The van der Waals surface area contributed by atoms with E-state index in [1.807, 2.05) is 0 Å². The van der Waals surface area contributed by atoms with Gasteiger partial charge >= 0.3 is 5.69 Å². The number of hydrogen-bond acceptors (Lipinski definition) is 6. The smallest absolute Gasteiger partial charge is 0.365 e. The summed E-state index contributed by atoms with van der Waals surface area (Å²) in [7, 11) is 3.14. The fraction of sp³-hybridized carbons (Fsp3) is 0.200. The van der Waals surface area contributed by atoms with Gasteiger partial charge in [-0.2, -0.15) is 10.1 Å². The molecule has 0 radical (unpaired) electrons. The summed E-state index contributed by atoms with van der Waals surface area (Å²) in [5.74, 6) is 1.01. The van der Waals surface area contributed by atoms with Crippen molar-refractivity contribution in [3.05, 3.63) is 65.2 Å². The maximum atomic E-state index is 12.5. The molecule has 28 heavy (non-hydrogen) atoms. The number of hydrogen-bond donors (Lipinski definition) is 1. The van der Waals surface area contributed by atoms with Gasteiger partial charge in [0.1, 0.15) is 17.5 Å². The van der Waals surface area contributed by atoms with E-state index in [1.54, 1.807) is 69.7 Å². The summed E-state index contributed by atoms with van der Waals surface area (Å²) in [5, 5.41) is 6.86. The first-order valence-electron chi connectivity index (χ1n) is 8.57. The highest BCUT2D eigenvalue weighted by atomic mass is 16.5. The van der Waals surface area contributed by atoms with Crippen molar-refractivity contribution in [1.82, 2.24) is 14.8 Å². The molecule has 1 N–H and O–H groups in total. The van der Waals surface area contributed by atoms with Crippen LogP contribution in [0.3, 0.4) is 0 Å². The molecule has 1 heterocycles. The van der Waals surface area contributed by atoms with Crippen molar-refractivity contribution in [3.8, 4) is 22.8 Å². The first kappa shape index (κ1) is 19.1. The molecule has 0 saturated heterocycles. The number of ether oxygens (including phenoxy) is 2. The summed E-state index contributed by atoms with van der Waals surface area (Å²) in [6, 6.07) is 13.2. The minimum absolute atomic E-state index is 0.376. The number of methoxy groups -OCH3 is 2. The summed E-state index contributed by atoms with van der Waals surface area (Å²) in [5.41, 5.74) is 1.14. The van der Waals surface area contributed by atoms with Crippen molar-refractivity contribution >= 4 is 11.6 Å². The highest BCUT2D eigenvalue weighted by Gasteiger charge is 2.18. The summed E-state index contributed by atoms with van der Waals surface area (Å²) in [6.45, 7) is 1.59. The van der Waals surface area contributed by atoms with E-state index in [-0.39, 0.29) is 5.91 Å². The Morgan fingerprint density at radius 1 is 1.00 bits per heavy atom. The van der Waals surface area contributed by atoms with Crippen molar-refractivity contribution in [1.29, 1.82) is 0 Å². The number of aromatic nitrogens is 3. The molecule has 1 unspecified atom stereocenters. The summed E-state index contributed by atoms with van der Waals surface area (Å²) < 4.78 is 11.2. The molecule has 8 nitrogen and oxygen atoms in total. The molecule has 0 aliphatic heterocycles. The number of rotatable bonds is 6. The number of nitrogens with one attached hydrogen (secondary N) is 1. The molecule has 1 atom stereocenters. The highest BCUT2D eigenvalue weighted by Crippen LogP contribution is 2.19.